The number of esters is 1. The molecular formula is C27H28ClN3O3S. The molecule has 0 spiro atoms. The van der Waals surface area contributed by atoms with Gasteiger partial charge < -0.3 is 15.0 Å². The fourth-order valence-corrected chi connectivity index (χ4v) is 5.04. The molecule has 2 heterocycles. The first-order chi connectivity index (χ1) is 16.9. The number of aliphatic imine (C=N–C) groups is 1. The number of benzene rings is 2. The summed E-state index contributed by atoms with van der Waals surface area (Å²) < 4.78 is 5.51. The van der Waals surface area contributed by atoms with E-state index >= 15 is 0 Å². The van der Waals surface area contributed by atoms with Crippen LogP contribution in [0.1, 0.15) is 44.4 Å². The second-order valence-corrected chi connectivity index (χ2v) is 9.94. The maximum Gasteiger partial charge on any atom is 0.338 e. The Morgan fingerprint density at radius 3 is 2.51 bits per heavy atom. The Morgan fingerprint density at radius 1 is 1.14 bits per heavy atom. The lowest BCUT2D eigenvalue weighted by atomic mass is 9.91. The fourth-order valence-electron chi connectivity index (χ4n) is 3.99. The first-order valence-electron chi connectivity index (χ1n) is 11.6. The molecule has 8 heteroatoms. The highest BCUT2D eigenvalue weighted by atomic mass is 35.5. The number of amidine groups is 1. The summed E-state index contributed by atoms with van der Waals surface area (Å²) in [4.78, 5) is 33.0. The van der Waals surface area contributed by atoms with Crippen molar-refractivity contribution in [3.05, 3.63) is 87.4 Å². The molecule has 0 radical (unpaired) electrons. The van der Waals surface area contributed by atoms with Gasteiger partial charge in [-0.15, -0.1) is 0 Å². The molecule has 35 heavy (non-hydrogen) atoms. The standard InChI is InChI=1S/C27H28ClN3O3S/c1-4-34-26(33)23-24(18-8-6-5-7-9-18)30-27-31(25(23)19-10-12-20(28)13-11-19)21(16-35-27)14-22(32)29-15-17(2)3/h5-13,16-17,25H,4,14-15H2,1-3H3,(H,29,32)/t25-/m1/s1. The minimum Gasteiger partial charge on any atom is -0.463 e. The van der Waals surface area contributed by atoms with Crippen molar-refractivity contribution in [1.29, 1.82) is 0 Å². The summed E-state index contributed by atoms with van der Waals surface area (Å²) in [7, 11) is 0. The van der Waals surface area contributed by atoms with Crippen molar-refractivity contribution in [2.45, 2.75) is 33.2 Å². The number of hydrogen-bond acceptors (Lipinski definition) is 6. The van der Waals surface area contributed by atoms with E-state index in [1.807, 2.05) is 52.8 Å². The third-order valence-electron chi connectivity index (χ3n) is 5.59. The summed E-state index contributed by atoms with van der Waals surface area (Å²) in [5, 5.41) is 6.23. The van der Waals surface area contributed by atoms with Crippen LogP contribution in [0.5, 0.6) is 0 Å². The molecule has 6 nitrogen and oxygen atoms in total. The lowest BCUT2D eigenvalue weighted by Gasteiger charge is -2.36. The number of fused-ring (bicyclic) bond motifs is 1. The summed E-state index contributed by atoms with van der Waals surface area (Å²) in [6.07, 6.45) is 0.180. The first kappa shape index (κ1) is 25.1. The van der Waals surface area contributed by atoms with Crippen LogP contribution in [0.25, 0.3) is 5.70 Å². The highest BCUT2D eigenvalue weighted by molar-refractivity contribution is 8.16. The van der Waals surface area contributed by atoms with Crippen molar-refractivity contribution in [2.75, 3.05) is 13.2 Å². The number of nitrogens with zero attached hydrogens (tertiary/aromatic N) is 2. The molecule has 2 aromatic rings. The van der Waals surface area contributed by atoms with Crippen LogP contribution in [0.15, 0.2) is 76.3 Å². The van der Waals surface area contributed by atoms with Crippen molar-refractivity contribution < 1.29 is 14.3 Å². The molecule has 1 atom stereocenters. The van der Waals surface area contributed by atoms with Crippen LogP contribution in [0, 0.1) is 5.92 Å². The molecule has 2 aliphatic rings. The van der Waals surface area contributed by atoms with Gasteiger partial charge in [-0.3, -0.25) is 4.79 Å². The van der Waals surface area contributed by atoms with Crippen molar-refractivity contribution >= 4 is 46.1 Å². The maximum absolute atomic E-state index is 13.4. The number of thioether (sulfide) groups is 1. The highest BCUT2D eigenvalue weighted by Crippen LogP contribution is 2.47. The summed E-state index contributed by atoms with van der Waals surface area (Å²) in [6, 6.07) is 16.5. The largest absolute Gasteiger partial charge is 0.463 e. The Balaban J connectivity index is 1.82. The smallest absolute Gasteiger partial charge is 0.338 e. The van der Waals surface area contributed by atoms with Crippen molar-refractivity contribution in [3.8, 4) is 0 Å². The van der Waals surface area contributed by atoms with Crippen LogP contribution < -0.4 is 5.32 Å². The van der Waals surface area contributed by atoms with E-state index in [1.54, 1.807) is 19.1 Å². The monoisotopic (exact) mass is 509 g/mol. The number of rotatable bonds is 8. The van der Waals surface area contributed by atoms with Crippen LogP contribution in [-0.4, -0.2) is 35.1 Å². The Kier molecular flexibility index (Phi) is 7.98. The summed E-state index contributed by atoms with van der Waals surface area (Å²) in [6.45, 7) is 6.73. The van der Waals surface area contributed by atoms with Crippen LogP contribution in [0.3, 0.4) is 0 Å². The van der Waals surface area contributed by atoms with Crippen LogP contribution in [0.4, 0.5) is 0 Å². The summed E-state index contributed by atoms with van der Waals surface area (Å²) in [5.41, 5.74) is 3.46. The van der Waals surface area contributed by atoms with Gasteiger partial charge in [0.2, 0.25) is 5.91 Å². The van der Waals surface area contributed by atoms with Gasteiger partial charge >= 0.3 is 5.97 Å². The Bertz CT molecular complexity index is 1190. The van der Waals surface area contributed by atoms with E-state index in [1.165, 1.54) is 11.8 Å². The molecule has 0 unspecified atom stereocenters. The zero-order valence-corrected chi connectivity index (χ0v) is 21.5. The molecule has 0 aliphatic carbocycles. The van der Waals surface area contributed by atoms with E-state index in [9.17, 15) is 9.59 Å². The Hall–Kier alpha value is -3.03. The molecule has 1 amide bonds. The van der Waals surface area contributed by atoms with Crippen LogP contribution in [-0.2, 0) is 14.3 Å². The molecule has 182 valence electrons. The Morgan fingerprint density at radius 2 is 1.86 bits per heavy atom. The molecular weight excluding hydrogens is 482 g/mol. The van der Waals surface area contributed by atoms with E-state index < -0.39 is 12.0 Å². The number of amides is 1. The molecule has 0 bridgehead atoms. The predicted octanol–water partition coefficient (Wildman–Crippen LogP) is 5.78. The maximum atomic E-state index is 13.4. The highest BCUT2D eigenvalue weighted by Gasteiger charge is 2.42. The van der Waals surface area contributed by atoms with E-state index in [-0.39, 0.29) is 18.9 Å². The second kappa shape index (κ2) is 11.1. The van der Waals surface area contributed by atoms with Gasteiger partial charge in [-0.2, -0.15) is 0 Å². The molecule has 2 aromatic carbocycles. The average molecular weight is 510 g/mol. The SMILES string of the molecule is CCOC(=O)C1=C(c2ccccc2)N=C2SC=C(CC(=O)NCC(C)C)N2[C@@H]1c1ccc(Cl)cc1. The topological polar surface area (TPSA) is 71.0 Å². The molecule has 0 saturated heterocycles. The fraction of sp³-hybridized carbons (Fsp3) is 0.296. The summed E-state index contributed by atoms with van der Waals surface area (Å²) >= 11 is 7.63. The van der Waals surface area contributed by atoms with Crippen molar-refractivity contribution in [3.63, 3.8) is 0 Å². The molecule has 1 N–H and O–H groups in total. The molecule has 0 saturated carbocycles. The molecule has 4 rings (SSSR count). The van der Waals surface area contributed by atoms with Gasteiger partial charge in [0.15, 0.2) is 5.17 Å². The first-order valence-corrected chi connectivity index (χ1v) is 12.9. The minimum atomic E-state index is -0.520. The van der Waals surface area contributed by atoms with Crippen molar-refractivity contribution in [2.24, 2.45) is 10.9 Å². The van der Waals surface area contributed by atoms with E-state index in [4.69, 9.17) is 21.3 Å². The number of nitrogens with one attached hydrogen (secondary N) is 1. The predicted molar refractivity (Wildman–Crippen MR) is 142 cm³/mol. The number of hydrogen-bond donors (Lipinski definition) is 1. The van der Waals surface area contributed by atoms with Gasteiger partial charge in [-0.1, -0.05) is 79.7 Å². The Labute approximate surface area is 215 Å². The van der Waals surface area contributed by atoms with E-state index in [2.05, 4.69) is 19.2 Å². The lowest BCUT2D eigenvalue weighted by molar-refractivity contribution is -0.139. The number of halogens is 1. The number of carbonyl (C=O) groups is 2. The van der Waals surface area contributed by atoms with Crippen LogP contribution >= 0.6 is 23.4 Å². The second-order valence-electron chi connectivity index (χ2n) is 8.67. The van der Waals surface area contributed by atoms with Gasteiger partial charge in [0, 0.05) is 22.8 Å². The van der Waals surface area contributed by atoms with E-state index in [0.717, 1.165) is 16.8 Å². The lowest BCUT2D eigenvalue weighted by Crippen LogP contribution is -2.38. The zero-order chi connectivity index (χ0) is 24.9. The van der Waals surface area contributed by atoms with Gasteiger partial charge in [-0.05, 0) is 35.9 Å². The number of carbonyl (C=O) groups excluding carboxylic acids is 2. The average Bonchev–Trinajstić information content (AvgIpc) is 3.25. The van der Waals surface area contributed by atoms with Gasteiger partial charge in [-0.25, -0.2) is 9.79 Å². The van der Waals surface area contributed by atoms with Gasteiger partial charge in [0.05, 0.1) is 30.3 Å². The minimum absolute atomic E-state index is 0.0721. The quantitative estimate of drug-likeness (QED) is 0.457. The molecule has 2 aliphatic heterocycles. The molecule has 0 aromatic heterocycles. The summed E-state index contributed by atoms with van der Waals surface area (Å²) in [5.74, 6) is -0.154. The van der Waals surface area contributed by atoms with Gasteiger partial charge in [0.1, 0.15) is 0 Å². The third-order valence-corrected chi connectivity index (χ3v) is 6.73. The van der Waals surface area contributed by atoms with E-state index in [0.29, 0.717) is 33.9 Å². The third kappa shape index (κ3) is 5.63. The van der Waals surface area contributed by atoms with Crippen molar-refractivity contribution in [1.82, 2.24) is 10.2 Å². The number of ether oxygens (including phenoxy) is 1. The normalized spacial score (nSPS) is 17.2. The van der Waals surface area contributed by atoms with Crippen LogP contribution in [0.2, 0.25) is 5.02 Å². The molecule has 0 fully saturated rings. The van der Waals surface area contributed by atoms with Gasteiger partial charge in [0.25, 0.3) is 0 Å². The zero-order valence-electron chi connectivity index (χ0n) is 20.0.